The molecule has 0 aliphatic heterocycles. The summed E-state index contributed by atoms with van der Waals surface area (Å²) in [5, 5.41) is 5.07. The van der Waals surface area contributed by atoms with Gasteiger partial charge in [0.25, 0.3) is 0 Å². The Bertz CT molecular complexity index is 840. The van der Waals surface area contributed by atoms with Crippen LogP contribution in [0.15, 0.2) is 41.8 Å². The van der Waals surface area contributed by atoms with E-state index in [0.29, 0.717) is 17.2 Å². The Morgan fingerprint density at radius 3 is 2.90 bits per heavy atom. The number of carbonyl (C=O) groups is 1. The summed E-state index contributed by atoms with van der Waals surface area (Å²) in [6.07, 6.45) is 4.73. The van der Waals surface area contributed by atoms with Crippen molar-refractivity contribution in [1.29, 1.82) is 0 Å². The zero-order valence-electron chi connectivity index (χ0n) is 11.2. The number of esters is 1. The smallest absolute Gasteiger partial charge is 0.337 e. The lowest BCUT2D eigenvalue weighted by molar-refractivity contribution is 0.0601. The molecular weight excluding hydrogens is 270 g/mol. The van der Waals surface area contributed by atoms with Crippen molar-refractivity contribution >= 4 is 29.4 Å². The maximum absolute atomic E-state index is 11.5. The Morgan fingerprint density at radius 1 is 1.33 bits per heavy atom. The molecule has 21 heavy (non-hydrogen) atoms. The standard InChI is InChI=1S/C14H11N5O2/c1-15-12-13(17-6-5-16-12)19-11-4-3-9(14(20)21-2)7-10(11)8-18-19/h3-8H,1H2,2H3. The van der Waals surface area contributed by atoms with Gasteiger partial charge in [0.05, 0.1) is 24.4 Å². The molecule has 0 aliphatic rings. The van der Waals surface area contributed by atoms with E-state index < -0.39 is 5.97 Å². The Kier molecular flexibility index (Phi) is 3.15. The van der Waals surface area contributed by atoms with Gasteiger partial charge in [-0.25, -0.2) is 24.4 Å². The average Bonchev–Trinajstić information content (AvgIpc) is 2.96. The van der Waals surface area contributed by atoms with Crippen LogP contribution in [-0.4, -0.2) is 39.5 Å². The van der Waals surface area contributed by atoms with Crippen molar-refractivity contribution in [3.63, 3.8) is 0 Å². The van der Waals surface area contributed by atoms with Crippen molar-refractivity contribution in [2.45, 2.75) is 0 Å². The Hall–Kier alpha value is -3.09. The lowest BCUT2D eigenvalue weighted by Crippen LogP contribution is -2.02. The van der Waals surface area contributed by atoms with Crippen molar-refractivity contribution in [2.24, 2.45) is 4.99 Å². The molecule has 2 aromatic heterocycles. The van der Waals surface area contributed by atoms with E-state index >= 15 is 0 Å². The molecule has 0 bridgehead atoms. The number of hydrogen-bond donors (Lipinski definition) is 0. The van der Waals surface area contributed by atoms with Crippen molar-refractivity contribution in [1.82, 2.24) is 19.7 Å². The summed E-state index contributed by atoms with van der Waals surface area (Å²) in [4.78, 5) is 23.7. The highest BCUT2D eigenvalue weighted by atomic mass is 16.5. The van der Waals surface area contributed by atoms with Gasteiger partial charge in [-0.3, -0.25) is 0 Å². The van der Waals surface area contributed by atoms with E-state index in [0.717, 1.165) is 10.9 Å². The Balaban J connectivity index is 2.17. The summed E-state index contributed by atoms with van der Waals surface area (Å²) in [6, 6.07) is 5.15. The minimum Gasteiger partial charge on any atom is -0.465 e. The maximum atomic E-state index is 11.5. The third-order valence-electron chi connectivity index (χ3n) is 3.00. The number of nitrogens with zero attached hydrogens (tertiary/aromatic N) is 5. The van der Waals surface area contributed by atoms with Crippen molar-refractivity contribution in [2.75, 3.05) is 7.11 Å². The van der Waals surface area contributed by atoms with Crippen LogP contribution in [0.25, 0.3) is 16.7 Å². The van der Waals surface area contributed by atoms with Crippen molar-refractivity contribution < 1.29 is 9.53 Å². The van der Waals surface area contributed by atoms with Crippen LogP contribution in [0.1, 0.15) is 10.4 Å². The zero-order chi connectivity index (χ0) is 14.8. The van der Waals surface area contributed by atoms with E-state index in [9.17, 15) is 4.79 Å². The lowest BCUT2D eigenvalue weighted by atomic mass is 10.1. The SMILES string of the molecule is C=Nc1nccnc1-n1ncc2cc(C(=O)OC)ccc21. The fourth-order valence-corrected chi connectivity index (χ4v) is 2.03. The van der Waals surface area contributed by atoms with E-state index in [-0.39, 0.29) is 0 Å². The molecule has 0 spiro atoms. The summed E-state index contributed by atoms with van der Waals surface area (Å²) < 4.78 is 6.31. The van der Waals surface area contributed by atoms with Gasteiger partial charge in [0.15, 0.2) is 11.6 Å². The second-order valence-electron chi connectivity index (χ2n) is 4.18. The molecule has 3 rings (SSSR count). The van der Waals surface area contributed by atoms with Crippen LogP contribution in [0.4, 0.5) is 5.82 Å². The number of aromatic nitrogens is 4. The summed E-state index contributed by atoms with van der Waals surface area (Å²) in [5.74, 6) is 0.477. The first-order valence-electron chi connectivity index (χ1n) is 6.09. The van der Waals surface area contributed by atoms with E-state index in [4.69, 9.17) is 4.74 Å². The molecule has 1 aromatic carbocycles. The van der Waals surface area contributed by atoms with Crippen LogP contribution >= 0.6 is 0 Å². The van der Waals surface area contributed by atoms with Crippen LogP contribution in [0.5, 0.6) is 0 Å². The van der Waals surface area contributed by atoms with E-state index in [2.05, 4.69) is 26.8 Å². The third-order valence-corrected chi connectivity index (χ3v) is 3.00. The molecule has 7 heteroatoms. The predicted molar refractivity (Wildman–Crippen MR) is 77.2 cm³/mol. The van der Waals surface area contributed by atoms with Gasteiger partial charge in [-0.05, 0) is 24.9 Å². The minimum atomic E-state index is -0.391. The molecule has 0 fully saturated rings. The first-order chi connectivity index (χ1) is 10.2. The van der Waals surface area contributed by atoms with Crippen LogP contribution < -0.4 is 0 Å². The highest BCUT2D eigenvalue weighted by Crippen LogP contribution is 2.23. The van der Waals surface area contributed by atoms with Gasteiger partial charge < -0.3 is 4.74 Å². The van der Waals surface area contributed by atoms with Gasteiger partial charge in [-0.2, -0.15) is 5.10 Å². The molecule has 0 unspecified atom stereocenters. The van der Waals surface area contributed by atoms with Gasteiger partial charge in [0, 0.05) is 17.8 Å². The maximum Gasteiger partial charge on any atom is 0.337 e. The third kappa shape index (κ3) is 2.14. The second-order valence-corrected chi connectivity index (χ2v) is 4.18. The van der Waals surface area contributed by atoms with Gasteiger partial charge in [0.2, 0.25) is 0 Å². The van der Waals surface area contributed by atoms with E-state index in [1.54, 1.807) is 35.3 Å². The first kappa shape index (κ1) is 12.9. The molecule has 0 amide bonds. The number of fused-ring (bicyclic) bond motifs is 1. The molecule has 0 radical (unpaired) electrons. The van der Waals surface area contributed by atoms with Gasteiger partial charge in [-0.15, -0.1) is 0 Å². The number of methoxy groups -OCH3 is 1. The molecule has 7 nitrogen and oxygen atoms in total. The fourth-order valence-electron chi connectivity index (χ4n) is 2.03. The molecule has 0 N–H and O–H groups in total. The van der Waals surface area contributed by atoms with E-state index in [1.807, 2.05) is 0 Å². The molecular formula is C14H11N5O2. The minimum absolute atomic E-state index is 0.388. The second kappa shape index (κ2) is 5.12. The number of rotatable bonds is 3. The summed E-state index contributed by atoms with van der Waals surface area (Å²) in [5.41, 5.74) is 1.25. The van der Waals surface area contributed by atoms with Crippen LogP contribution in [0.2, 0.25) is 0 Å². The number of benzene rings is 1. The van der Waals surface area contributed by atoms with Gasteiger partial charge in [-0.1, -0.05) is 0 Å². The molecule has 104 valence electrons. The van der Waals surface area contributed by atoms with Gasteiger partial charge >= 0.3 is 5.97 Å². The van der Waals surface area contributed by atoms with Gasteiger partial charge in [0.1, 0.15) is 0 Å². The lowest BCUT2D eigenvalue weighted by Gasteiger charge is -2.05. The quantitative estimate of drug-likeness (QED) is 0.541. The monoisotopic (exact) mass is 281 g/mol. The summed E-state index contributed by atoms with van der Waals surface area (Å²) >= 11 is 0. The normalized spacial score (nSPS) is 10.5. The number of aliphatic imine (C=N–C) groups is 1. The van der Waals surface area contributed by atoms with Crippen LogP contribution in [-0.2, 0) is 4.74 Å². The van der Waals surface area contributed by atoms with Crippen LogP contribution in [0, 0.1) is 0 Å². The highest BCUT2D eigenvalue weighted by molar-refractivity contribution is 5.94. The molecule has 2 heterocycles. The van der Waals surface area contributed by atoms with E-state index in [1.165, 1.54) is 13.3 Å². The highest BCUT2D eigenvalue weighted by Gasteiger charge is 2.13. The number of hydrogen-bond acceptors (Lipinski definition) is 6. The van der Waals surface area contributed by atoms with Crippen LogP contribution in [0.3, 0.4) is 0 Å². The zero-order valence-corrected chi connectivity index (χ0v) is 11.2. The Morgan fingerprint density at radius 2 is 2.14 bits per heavy atom. The average molecular weight is 281 g/mol. The molecule has 0 saturated heterocycles. The molecule has 3 aromatic rings. The Labute approximate surface area is 119 Å². The fraction of sp³-hybridized carbons (Fsp3) is 0.0714. The van der Waals surface area contributed by atoms with Crippen molar-refractivity contribution in [3.05, 3.63) is 42.4 Å². The number of carbonyl (C=O) groups excluding carboxylic acids is 1. The van der Waals surface area contributed by atoms with Crippen molar-refractivity contribution in [3.8, 4) is 5.82 Å². The predicted octanol–water partition coefficient (Wildman–Crippen LogP) is 1.93. The molecule has 0 atom stereocenters. The summed E-state index contributed by atoms with van der Waals surface area (Å²) in [6.45, 7) is 3.48. The number of ether oxygens (including phenoxy) is 1. The largest absolute Gasteiger partial charge is 0.465 e. The molecule has 0 aliphatic carbocycles. The first-order valence-corrected chi connectivity index (χ1v) is 6.09. The molecule has 0 saturated carbocycles. The summed E-state index contributed by atoms with van der Waals surface area (Å²) in [7, 11) is 1.34. The topological polar surface area (TPSA) is 82.3 Å².